The first kappa shape index (κ1) is 17.4. The van der Waals surface area contributed by atoms with Gasteiger partial charge in [0.25, 0.3) is 0 Å². The third kappa shape index (κ3) is 5.03. The van der Waals surface area contributed by atoms with Crippen LogP contribution in [-0.4, -0.2) is 32.6 Å². The molecule has 0 aliphatic rings. The second-order valence-corrected chi connectivity index (χ2v) is 7.52. The molecule has 20 heavy (non-hydrogen) atoms. The van der Waals surface area contributed by atoms with Gasteiger partial charge < -0.3 is 11.1 Å². The number of nitrogens with two attached hydrogens (primary N) is 1. The SMILES string of the molecule is CCCNC(C)(CC(C)Sc1nc(CC)ns1)C(N)=O. The maximum absolute atomic E-state index is 11.7. The monoisotopic (exact) mass is 316 g/mol. The number of amides is 1. The first-order valence-electron chi connectivity index (χ1n) is 6.95. The highest BCUT2D eigenvalue weighted by atomic mass is 32.2. The molecule has 1 aromatic heterocycles. The molecular weight excluding hydrogens is 292 g/mol. The van der Waals surface area contributed by atoms with E-state index >= 15 is 0 Å². The maximum atomic E-state index is 11.7. The van der Waals surface area contributed by atoms with Crippen molar-refractivity contribution in [3.05, 3.63) is 5.82 Å². The summed E-state index contributed by atoms with van der Waals surface area (Å²) in [7, 11) is 0. The van der Waals surface area contributed by atoms with Crippen molar-refractivity contribution in [1.82, 2.24) is 14.7 Å². The van der Waals surface area contributed by atoms with Crippen molar-refractivity contribution in [2.75, 3.05) is 6.54 Å². The van der Waals surface area contributed by atoms with Crippen LogP contribution in [0.2, 0.25) is 0 Å². The normalized spacial score (nSPS) is 15.8. The van der Waals surface area contributed by atoms with Gasteiger partial charge in [-0.25, -0.2) is 4.98 Å². The van der Waals surface area contributed by atoms with Gasteiger partial charge in [0.15, 0.2) is 4.34 Å². The molecule has 0 radical (unpaired) electrons. The molecule has 1 rings (SSSR count). The molecule has 0 aromatic carbocycles. The van der Waals surface area contributed by atoms with Crippen LogP contribution >= 0.6 is 23.3 Å². The lowest BCUT2D eigenvalue weighted by Gasteiger charge is -2.29. The van der Waals surface area contributed by atoms with Gasteiger partial charge in [-0.3, -0.25) is 4.79 Å². The Kier molecular flexibility index (Phi) is 6.91. The van der Waals surface area contributed by atoms with Crippen LogP contribution in [0.15, 0.2) is 4.34 Å². The summed E-state index contributed by atoms with van der Waals surface area (Å²) in [6.45, 7) is 8.86. The van der Waals surface area contributed by atoms with Gasteiger partial charge in [0.1, 0.15) is 5.82 Å². The predicted molar refractivity (Wildman–Crippen MR) is 85.1 cm³/mol. The van der Waals surface area contributed by atoms with Crippen LogP contribution in [0.5, 0.6) is 0 Å². The first-order chi connectivity index (χ1) is 9.41. The number of rotatable bonds is 9. The fourth-order valence-electron chi connectivity index (χ4n) is 1.88. The average Bonchev–Trinajstić information content (AvgIpc) is 2.83. The lowest BCUT2D eigenvalue weighted by atomic mass is 9.95. The number of carbonyl (C=O) groups excluding carboxylic acids is 1. The van der Waals surface area contributed by atoms with E-state index in [2.05, 4.69) is 28.5 Å². The standard InChI is InChI=1S/C13H24N4OS2/c1-5-7-15-13(4,11(14)18)8-9(3)19-12-16-10(6-2)17-20-12/h9,15H,5-8H2,1-4H3,(H2,14,18). The lowest BCUT2D eigenvalue weighted by Crippen LogP contribution is -2.54. The van der Waals surface area contributed by atoms with E-state index in [-0.39, 0.29) is 11.2 Å². The summed E-state index contributed by atoms with van der Waals surface area (Å²) in [4.78, 5) is 16.1. The fourth-order valence-corrected chi connectivity index (χ4v) is 4.07. The summed E-state index contributed by atoms with van der Waals surface area (Å²) < 4.78 is 5.23. The van der Waals surface area contributed by atoms with Crippen molar-refractivity contribution in [2.24, 2.45) is 5.73 Å². The molecule has 1 aromatic rings. The van der Waals surface area contributed by atoms with Gasteiger partial charge in [-0.05, 0) is 37.8 Å². The molecule has 0 fully saturated rings. The van der Waals surface area contributed by atoms with Gasteiger partial charge >= 0.3 is 0 Å². The van der Waals surface area contributed by atoms with E-state index < -0.39 is 5.54 Å². The zero-order valence-electron chi connectivity index (χ0n) is 12.6. The second-order valence-electron chi connectivity index (χ2n) is 5.09. The number of nitrogens with one attached hydrogen (secondary N) is 1. The minimum Gasteiger partial charge on any atom is -0.368 e. The van der Waals surface area contributed by atoms with E-state index in [1.54, 1.807) is 11.8 Å². The molecule has 1 heterocycles. The molecule has 7 heteroatoms. The van der Waals surface area contributed by atoms with Crippen LogP contribution in [0.4, 0.5) is 0 Å². The van der Waals surface area contributed by atoms with Gasteiger partial charge in [0, 0.05) is 11.7 Å². The summed E-state index contributed by atoms with van der Waals surface area (Å²) in [6, 6.07) is 0. The van der Waals surface area contributed by atoms with Crippen LogP contribution in [0.3, 0.4) is 0 Å². The Hall–Kier alpha value is -0.660. The largest absolute Gasteiger partial charge is 0.368 e. The molecule has 5 nitrogen and oxygen atoms in total. The zero-order chi connectivity index (χ0) is 15.2. The molecule has 0 bridgehead atoms. The zero-order valence-corrected chi connectivity index (χ0v) is 14.2. The Balaban J connectivity index is 2.61. The highest BCUT2D eigenvalue weighted by Gasteiger charge is 2.32. The summed E-state index contributed by atoms with van der Waals surface area (Å²) in [5.41, 5.74) is 4.88. The number of nitrogens with zero attached hydrogens (tertiary/aromatic N) is 2. The molecule has 0 aliphatic heterocycles. The number of aryl methyl sites for hydroxylation is 1. The summed E-state index contributed by atoms with van der Waals surface area (Å²) in [6.07, 6.45) is 2.50. The van der Waals surface area contributed by atoms with Gasteiger partial charge in [-0.1, -0.05) is 32.5 Å². The van der Waals surface area contributed by atoms with Gasteiger partial charge in [-0.2, -0.15) is 4.37 Å². The van der Waals surface area contributed by atoms with Gasteiger partial charge in [0.05, 0.1) is 5.54 Å². The second kappa shape index (κ2) is 7.95. The van der Waals surface area contributed by atoms with E-state index in [9.17, 15) is 4.79 Å². The molecule has 0 aliphatic carbocycles. The van der Waals surface area contributed by atoms with E-state index in [1.807, 2.05) is 13.8 Å². The highest BCUT2D eigenvalue weighted by molar-refractivity contribution is 8.01. The number of primary amides is 1. The third-order valence-corrected chi connectivity index (χ3v) is 5.00. The van der Waals surface area contributed by atoms with Crippen molar-refractivity contribution < 1.29 is 4.79 Å². The average molecular weight is 316 g/mol. The highest BCUT2D eigenvalue weighted by Crippen LogP contribution is 2.30. The van der Waals surface area contributed by atoms with E-state index in [1.165, 1.54) is 11.5 Å². The minimum atomic E-state index is -0.666. The molecule has 3 N–H and O–H groups in total. The van der Waals surface area contributed by atoms with E-state index in [0.29, 0.717) is 6.42 Å². The minimum absolute atomic E-state index is 0.245. The van der Waals surface area contributed by atoms with Crippen LogP contribution in [-0.2, 0) is 11.2 Å². The van der Waals surface area contributed by atoms with Crippen LogP contribution in [0.25, 0.3) is 0 Å². The van der Waals surface area contributed by atoms with E-state index in [4.69, 9.17) is 5.73 Å². The number of aromatic nitrogens is 2. The fraction of sp³-hybridized carbons (Fsp3) is 0.769. The molecule has 0 saturated carbocycles. The molecule has 114 valence electrons. The quantitative estimate of drug-likeness (QED) is 0.683. The molecule has 0 saturated heterocycles. The molecular formula is C13H24N4OS2. The molecule has 0 spiro atoms. The summed E-state index contributed by atoms with van der Waals surface area (Å²) >= 11 is 3.07. The summed E-state index contributed by atoms with van der Waals surface area (Å²) in [5, 5.41) is 3.50. The van der Waals surface area contributed by atoms with Gasteiger partial charge in [-0.15, -0.1) is 0 Å². The lowest BCUT2D eigenvalue weighted by molar-refractivity contribution is -0.124. The van der Waals surface area contributed by atoms with Crippen molar-refractivity contribution in [1.29, 1.82) is 0 Å². The number of thioether (sulfide) groups is 1. The number of hydrogen-bond acceptors (Lipinski definition) is 6. The van der Waals surface area contributed by atoms with Crippen LogP contribution in [0.1, 0.15) is 46.4 Å². The Labute approximate surface area is 129 Å². The topological polar surface area (TPSA) is 80.9 Å². The van der Waals surface area contributed by atoms with Crippen LogP contribution in [0, 0.1) is 0 Å². The molecule has 2 atom stereocenters. The first-order valence-corrected chi connectivity index (χ1v) is 8.60. The Morgan fingerprint density at radius 2 is 2.25 bits per heavy atom. The molecule has 2 unspecified atom stereocenters. The predicted octanol–water partition coefficient (Wildman–Crippen LogP) is 2.21. The van der Waals surface area contributed by atoms with Gasteiger partial charge in [0.2, 0.25) is 5.91 Å². The summed E-state index contributed by atoms with van der Waals surface area (Å²) in [5.74, 6) is 0.580. The van der Waals surface area contributed by atoms with Crippen molar-refractivity contribution >= 4 is 29.2 Å². The maximum Gasteiger partial charge on any atom is 0.237 e. The van der Waals surface area contributed by atoms with E-state index in [0.717, 1.165) is 29.6 Å². The Bertz CT molecular complexity index is 438. The van der Waals surface area contributed by atoms with Crippen molar-refractivity contribution in [2.45, 2.75) is 62.1 Å². The smallest absolute Gasteiger partial charge is 0.237 e. The van der Waals surface area contributed by atoms with Crippen LogP contribution < -0.4 is 11.1 Å². The number of carbonyl (C=O) groups is 1. The third-order valence-electron chi connectivity index (χ3n) is 3.07. The number of hydrogen-bond donors (Lipinski definition) is 2. The molecule has 1 amide bonds. The Morgan fingerprint density at radius 1 is 1.55 bits per heavy atom. The van der Waals surface area contributed by atoms with Crippen molar-refractivity contribution in [3.8, 4) is 0 Å². The Morgan fingerprint density at radius 3 is 2.75 bits per heavy atom. The van der Waals surface area contributed by atoms with Crippen molar-refractivity contribution in [3.63, 3.8) is 0 Å².